The van der Waals surface area contributed by atoms with Gasteiger partial charge >= 0.3 is 0 Å². The van der Waals surface area contributed by atoms with Crippen molar-refractivity contribution in [1.82, 2.24) is 0 Å². The molecule has 0 saturated carbocycles. The van der Waals surface area contributed by atoms with Crippen LogP contribution in [0.15, 0.2) is 194 Å². The first-order chi connectivity index (χ1) is 23.8. The summed E-state index contributed by atoms with van der Waals surface area (Å²) in [5.41, 5.74) is 12.2. The molecule has 0 aliphatic carbocycles. The number of benzene rings is 9. The van der Waals surface area contributed by atoms with Crippen molar-refractivity contribution < 1.29 is 0 Å². The number of hydrogen-bond donors (Lipinski definition) is 0. The van der Waals surface area contributed by atoms with E-state index in [0.29, 0.717) is 0 Å². The Labute approximate surface area is 281 Å². The van der Waals surface area contributed by atoms with Crippen LogP contribution in [0.5, 0.6) is 0 Å². The van der Waals surface area contributed by atoms with Gasteiger partial charge in [-0.15, -0.1) is 0 Å². The highest BCUT2D eigenvalue weighted by Crippen LogP contribution is 2.45. The van der Waals surface area contributed by atoms with Gasteiger partial charge < -0.3 is 0 Å². The Bertz CT molecular complexity index is 2570. The lowest BCUT2D eigenvalue weighted by Crippen LogP contribution is -1.91. The van der Waals surface area contributed by atoms with Crippen molar-refractivity contribution in [3.63, 3.8) is 0 Å². The minimum absolute atomic E-state index is 1.22. The molecule has 0 nitrogen and oxygen atoms in total. The van der Waals surface area contributed by atoms with E-state index in [1.54, 1.807) is 0 Å². The molecule has 9 aromatic carbocycles. The first-order valence-electron chi connectivity index (χ1n) is 16.6. The van der Waals surface area contributed by atoms with Crippen molar-refractivity contribution in [1.29, 1.82) is 0 Å². The van der Waals surface area contributed by atoms with E-state index in [2.05, 4.69) is 194 Å². The minimum atomic E-state index is 1.22. The lowest BCUT2D eigenvalue weighted by atomic mass is 9.85. The first-order valence-corrected chi connectivity index (χ1v) is 16.6. The van der Waals surface area contributed by atoms with Crippen LogP contribution >= 0.6 is 0 Å². The van der Waals surface area contributed by atoms with E-state index in [-0.39, 0.29) is 0 Å². The molecule has 0 radical (unpaired) electrons. The van der Waals surface area contributed by atoms with E-state index in [1.807, 2.05) is 0 Å². The highest BCUT2D eigenvalue weighted by atomic mass is 14.2. The third kappa shape index (κ3) is 4.96. The van der Waals surface area contributed by atoms with Gasteiger partial charge in [-0.3, -0.25) is 0 Å². The summed E-state index contributed by atoms with van der Waals surface area (Å²) in [6, 6.07) is 70.8. The van der Waals surface area contributed by atoms with E-state index in [1.165, 1.54) is 88.0 Å². The monoisotopic (exact) mass is 608 g/mol. The van der Waals surface area contributed by atoms with Crippen LogP contribution in [-0.4, -0.2) is 0 Å². The summed E-state index contributed by atoms with van der Waals surface area (Å²) >= 11 is 0. The van der Waals surface area contributed by atoms with Gasteiger partial charge in [-0.05, 0) is 118 Å². The Morgan fingerprint density at radius 2 is 0.583 bits per heavy atom. The summed E-state index contributed by atoms with van der Waals surface area (Å²) < 4.78 is 0. The standard InChI is InChI=1S/C48H32/c1-5-14-33(15-6-1)37-22-13-23-40(28-37)44-31-41(36-20-11-4-12-21-36)32-47-42-26-24-38(34-16-7-2-8-17-34)29-45(42)46-30-39(25-27-43(46)48(44)47)35-18-9-3-10-19-35/h1-32H. The summed E-state index contributed by atoms with van der Waals surface area (Å²) in [7, 11) is 0. The predicted octanol–water partition coefficient (Wildman–Crippen LogP) is 13.5. The van der Waals surface area contributed by atoms with Gasteiger partial charge in [0.2, 0.25) is 0 Å². The molecular formula is C48H32. The van der Waals surface area contributed by atoms with Crippen molar-refractivity contribution in [2.75, 3.05) is 0 Å². The molecule has 0 heterocycles. The van der Waals surface area contributed by atoms with Crippen molar-refractivity contribution in [3.8, 4) is 55.6 Å². The fraction of sp³-hybridized carbons (Fsp3) is 0. The summed E-state index contributed by atoms with van der Waals surface area (Å²) in [4.78, 5) is 0. The van der Waals surface area contributed by atoms with Crippen LogP contribution in [0.3, 0.4) is 0 Å². The Morgan fingerprint density at radius 3 is 1.12 bits per heavy atom. The van der Waals surface area contributed by atoms with Crippen LogP contribution in [-0.2, 0) is 0 Å². The van der Waals surface area contributed by atoms with Crippen LogP contribution in [0.4, 0.5) is 0 Å². The highest BCUT2D eigenvalue weighted by molar-refractivity contribution is 6.30. The topological polar surface area (TPSA) is 0 Å². The maximum absolute atomic E-state index is 2.41. The molecule has 0 fully saturated rings. The third-order valence-corrected chi connectivity index (χ3v) is 9.63. The van der Waals surface area contributed by atoms with Gasteiger partial charge in [0.1, 0.15) is 0 Å². The summed E-state index contributed by atoms with van der Waals surface area (Å²) in [6.07, 6.45) is 0. The minimum Gasteiger partial charge on any atom is -0.0622 e. The van der Waals surface area contributed by atoms with E-state index >= 15 is 0 Å². The van der Waals surface area contributed by atoms with Crippen molar-refractivity contribution in [2.24, 2.45) is 0 Å². The van der Waals surface area contributed by atoms with Crippen molar-refractivity contribution >= 4 is 32.3 Å². The fourth-order valence-corrected chi connectivity index (χ4v) is 7.27. The molecular weight excluding hydrogens is 577 g/mol. The molecule has 0 saturated heterocycles. The van der Waals surface area contributed by atoms with Gasteiger partial charge in [0.25, 0.3) is 0 Å². The molecule has 0 unspecified atom stereocenters. The zero-order valence-corrected chi connectivity index (χ0v) is 26.5. The van der Waals surface area contributed by atoms with E-state index in [4.69, 9.17) is 0 Å². The molecule has 0 heteroatoms. The Morgan fingerprint density at radius 1 is 0.188 bits per heavy atom. The number of hydrogen-bond acceptors (Lipinski definition) is 0. The van der Waals surface area contributed by atoms with Crippen LogP contribution in [0.25, 0.3) is 88.0 Å². The number of rotatable bonds is 5. The second-order valence-corrected chi connectivity index (χ2v) is 12.5. The van der Waals surface area contributed by atoms with Gasteiger partial charge in [0.15, 0.2) is 0 Å². The van der Waals surface area contributed by atoms with Crippen LogP contribution in [0.1, 0.15) is 0 Å². The first kappa shape index (κ1) is 28.0. The zero-order chi connectivity index (χ0) is 31.9. The Balaban J connectivity index is 1.41. The smallest absolute Gasteiger partial charge is 0.00199 e. The third-order valence-electron chi connectivity index (χ3n) is 9.63. The maximum Gasteiger partial charge on any atom is -0.00199 e. The molecule has 0 aliphatic rings. The molecule has 0 atom stereocenters. The SMILES string of the molecule is c1ccc(-c2cccc(-c3cc(-c4ccccc4)cc4c5ccc(-c6ccccc6)cc5c5cc(-c6ccccc6)ccc5c34)c2)cc1. The van der Waals surface area contributed by atoms with Gasteiger partial charge in [0, 0.05) is 0 Å². The molecule has 0 aromatic heterocycles. The Kier molecular flexibility index (Phi) is 6.91. The normalized spacial score (nSPS) is 11.3. The molecule has 224 valence electrons. The summed E-state index contributed by atoms with van der Waals surface area (Å²) in [5.74, 6) is 0. The second kappa shape index (κ2) is 11.8. The van der Waals surface area contributed by atoms with E-state index < -0.39 is 0 Å². The molecule has 0 aliphatic heterocycles. The van der Waals surface area contributed by atoms with Crippen LogP contribution in [0.2, 0.25) is 0 Å². The van der Waals surface area contributed by atoms with Crippen LogP contribution < -0.4 is 0 Å². The highest BCUT2D eigenvalue weighted by Gasteiger charge is 2.17. The summed E-state index contributed by atoms with van der Waals surface area (Å²) in [6.45, 7) is 0. The van der Waals surface area contributed by atoms with Gasteiger partial charge in [-0.1, -0.05) is 164 Å². The quantitative estimate of drug-likeness (QED) is 0.171. The molecule has 48 heavy (non-hydrogen) atoms. The molecule has 0 spiro atoms. The van der Waals surface area contributed by atoms with E-state index in [0.717, 1.165) is 0 Å². The zero-order valence-electron chi connectivity index (χ0n) is 26.5. The molecule has 0 bridgehead atoms. The Hall–Kier alpha value is -6.24. The average molecular weight is 609 g/mol. The lowest BCUT2D eigenvalue weighted by molar-refractivity contribution is 1.60. The van der Waals surface area contributed by atoms with Crippen LogP contribution in [0, 0.1) is 0 Å². The number of fused-ring (bicyclic) bond motifs is 6. The van der Waals surface area contributed by atoms with E-state index in [9.17, 15) is 0 Å². The lowest BCUT2D eigenvalue weighted by Gasteiger charge is -2.19. The van der Waals surface area contributed by atoms with Gasteiger partial charge in [-0.2, -0.15) is 0 Å². The van der Waals surface area contributed by atoms with Gasteiger partial charge in [-0.25, -0.2) is 0 Å². The molecule has 9 aromatic rings. The second-order valence-electron chi connectivity index (χ2n) is 12.5. The molecule has 0 amide bonds. The van der Waals surface area contributed by atoms with Gasteiger partial charge in [0.05, 0.1) is 0 Å². The molecule has 9 rings (SSSR count). The maximum atomic E-state index is 2.41. The average Bonchev–Trinajstić information content (AvgIpc) is 3.18. The predicted molar refractivity (Wildman–Crippen MR) is 206 cm³/mol. The largest absolute Gasteiger partial charge is 0.0622 e. The van der Waals surface area contributed by atoms with Crippen molar-refractivity contribution in [2.45, 2.75) is 0 Å². The van der Waals surface area contributed by atoms with Crippen molar-refractivity contribution in [3.05, 3.63) is 194 Å². The summed E-state index contributed by atoms with van der Waals surface area (Å²) in [5, 5.41) is 7.62. The molecule has 0 N–H and O–H groups in total. The fourth-order valence-electron chi connectivity index (χ4n) is 7.27.